The molecule has 1 heterocycles. The second kappa shape index (κ2) is 12.4. The van der Waals surface area contributed by atoms with Gasteiger partial charge in [-0.2, -0.15) is 0 Å². The van der Waals surface area contributed by atoms with E-state index < -0.39 is 11.9 Å². The van der Waals surface area contributed by atoms with Gasteiger partial charge in [0.05, 0.1) is 0 Å². The van der Waals surface area contributed by atoms with Crippen molar-refractivity contribution in [1.82, 2.24) is 4.90 Å². The Labute approximate surface area is 187 Å². The number of carbonyl (C=O) groups excluding carboxylic acids is 1. The molecule has 3 rings (SSSR count). The van der Waals surface area contributed by atoms with Gasteiger partial charge >= 0.3 is 11.9 Å². The number of hydrogen-bond acceptors (Lipinski definition) is 5. The zero-order chi connectivity index (χ0) is 23.5. The molecule has 1 aliphatic rings. The van der Waals surface area contributed by atoms with Gasteiger partial charge in [-0.05, 0) is 42.5 Å². The minimum atomic E-state index is -1.26. The third-order valence-electron chi connectivity index (χ3n) is 5.41. The molecule has 0 aliphatic carbocycles. The SMILES string of the molecule is C[C@@H]1CN(CCC(=O)c2ccccc2)CC[C@@H]1c1cccc(O)c1.O=C(O)C=CC(=O)O. The van der Waals surface area contributed by atoms with Gasteiger partial charge in [-0.15, -0.1) is 0 Å². The maximum absolute atomic E-state index is 12.2. The van der Waals surface area contributed by atoms with E-state index >= 15 is 0 Å². The first-order chi connectivity index (χ1) is 15.3. The Morgan fingerprint density at radius 3 is 2.22 bits per heavy atom. The number of aliphatic carboxylic acids is 2. The summed E-state index contributed by atoms with van der Waals surface area (Å²) in [7, 11) is 0. The fourth-order valence-corrected chi connectivity index (χ4v) is 3.86. The molecule has 0 radical (unpaired) electrons. The van der Waals surface area contributed by atoms with Crippen LogP contribution in [0.25, 0.3) is 0 Å². The zero-order valence-electron chi connectivity index (χ0n) is 18.1. The first kappa shape index (κ1) is 24.8. The lowest BCUT2D eigenvalue weighted by atomic mass is 9.81. The molecule has 2 aromatic rings. The number of aromatic hydroxyl groups is 1. The van der Waals surface area contributed by atoms with Gasteiger partial charge in [0.25, 0.3) is 0 Å². The highest BCUT2D eigenvalue weighted by Crippen LogP contribution is 2.34. The summed E-state index contributed by atoms with van der Waals surface area (Å²) in [5.41, 5.74) is 2.03. The van der Waals surface area contributed by atoms with Crippen LogP contribution in [0.3, 0.4) is 0 Å². The summed E-state index contributed by atoms with van der Waals surface area (Å²) in [6.45, 7) is 5.10. The monoisotopic (exact) mass is 439 g/mol. The topological polar surface area (TPSA) is 115 Å². The number of carbonyl (C=O) groups is 3. The van der Waals surface area contributed by atoms with E-state index in [2.05, 4.69) is 17.9 Å². The number of carboxylic acid groups (broad SMARTS) is 2. The fourth-order valence-electron chi connectivity index (χ4n) is 3.86. The standard InChI is InChI=1S/C21H25NO2.C4H4O4/c1-16-15-22(13-11-21(24)17-6-3-2-4-7-17)12-10-20(16)18-8-5-9-19(23)14-18;5-3(6)1-2-4(7)8/h2-9,14,16,20,23H,10-13,15H2,1H3;1-2H,(H,5,6)(H,7,8)/t16-,20+;/m1./s1. The summed E-state index contributed by atoms with van der Waals surface area (Å²) in [4.78, 5) is 33.7. The molecule has 1 aliphatic heterocycles. The lowest BCUT2D eigenvalue weighted by molar-refractivity contribution is -0.134. The number of phenols is 1. The number of likely N-dealkylation sites (tertiary alicyclic amines) is 1. The van der Waals surface area contributed by atoms with Crippen LogP contribution in [-0.2, 0) is 9.59 Å². The normalized spacial score (nSPS) is 18.5. The predicted octanol–water partition coefficient (Wildman–Crippen LogP) is 3.80. The van der Waals surface area contributed by atoms with E-state index in [1.807, 2.05) is 42.5 Å². The molecule has 0 unspecified atom stereocenters. The minimum Gasteiger partial charge on any atom is -0.508 e. The molecule has 32 heavy (non-hydrogen) atoms. The van der Waals surface area contributed by atoms with Crippen LogP contribution in [0.2, 0.25) is 0 Å². The number of benzene rings is 2. The smallest absolute Gasteiger partial charge is 0.328 e. The van der Waals surface area contributed by atoms with Crippen LogP contribution >= 0.6 is 0 Å². The number of piperidine rings is 1. The van der Waals surface area contributed by atoms with Crippen LogP contribution in [0.15, 0.2) is 66.7 Å². The Morgan fingerprint density at radius 2 is 1.66 bits per heavy atom. The molecule has 7 nitrogen and oxygen atoms in total. The molecule has 0 saturated carbocycles. The lowest BCUT2D eigenvalue weighted by Gasteiger charge is -2.37. The molecule has 0 bridgehead atoms. The molecule has 0 amide bonds. The van der Waals surface area contributed by atoms with Crippen molar-refractivity contribution in [3.63, 3.8) is 0 Å². The van der Waals surface area contributed by atoms with Gasteiger partial charge in [-0.25, -0.2) is 9.59 Å². The second-order valence-corrected chi connectivity index (χ2v) is 7.82. The number of hydrogen-bond donors (Lipinski definition) is 3. The Bertz CT molecular complexity index is 924. The molecule has 0 spiro atoms. The Kier molecular flexibility index (Phi) is 9.63. The number of Topliss-reactive ketones (excluding diaryl/α,β-unsaturated/α-hetero) is 1. The van der Waals surface area contributed by atoms with Crippen molar-refractivity contribution in [3.8, 4) is 5.75 Å². The van der Waals surface area contributed by atoms with Crippen molar-refractivity contribution in [2.45, 2.75) is 25.7 Å². The van der Waals surface area contributed by atoms with Crippen LogP contribution in [0, 0.1) is 5.92 Å². The largest absolute Gasteiger partial charge is 0.508 e. The first-order valence-electron chi connectivity index (χ1n) is 10.5. The molecule has 2 aromatic carbocycles. The molecule has 1 saturated heterocycles. The van der Waals surface area contributed by atoms with Crippen molar-refractivity contribution in [3.05, 3.63) is 77.9 Å². The summed E-state index contributed by atoms with van der Waals surface area (Å²) >= 11 is 0. The van der Waals surface area contributed by atoms with Gasteiger partial charge < -0.3 is 20.2 Å². The van der Waals surface area contributed by atoms with E-state index in [0.29, 0.717) is 36.2 Å². The summed E-state index contributed by atoms with van der Waals surface area (Å²) in [6.07, 6.45) is 2.77. The average Bonchev–Trinajstić information content (AvgIpc) is 2.77. The third kappa shape index (κ3) is 8.35. The van der Waals surface area contributed by atoms with Gasteiger partial charge in [-0.3, -0.25) is 4.79 Å². The quantitative estimate of drug-likeness (QED) is 0.444. The highest BCUT2D eigenvalue weighted by Gasteiger charge is 2.27. The number of carboxylic acids is 2. The summed E-state index contributed by atoms with van der Waals surface area (Å²) in [6, 6.07) is 17.2. The molecule has 1 fully saturated rings. The number of ketones is 1. The second-order valence-electron chi connectivity index (χ2n) is 7.82. The fraction of sp³-hybridized carbons (Fsp3) is 0.320. The minimum absolute atomic E-state index is 0.221. The van der Waals surface area contributed by atoms with E-state index in [-0.39, 0.29) is 5.78 Å². The van der Waals surface area contributed by atoms with Crippen LogP contribution in [0.5, 0.6) is 5.75 Å². The highest BCUT2D eigenvalue weighted by molar-refractivity contribution is 5.96. The van der Waals surface area contributed by atoms with Crippen molar-refractivity contribution < 1.29 is 29.7 Å². The lowest BCUT2D eigenvalue weighted by Crippen LogP contribution is -2.39. The van der Waals surface area contributed by atoms with E-state index in [4.69, 9.17) is 10.2 Å². The molecule has 2 atom stereocenters. The summed E-state index contributed by atoms with van der Waals surface area (Å²) < 4.78 is 0. The molecule has 3 N–H and O–H groups in total. The van der Waals surface area contributed by atoms with Crippen LogP contribution in [0.1, 0.15) is 41.6 Å². The van der Waals surface area contributed by atoms with Crippen molar-refractivity contribution in [1.29, 1.82) is 0 Å². The molecule has 7 heteroatoms. The predicted molar refractivity (Wildman–Crippen MR) is 121 cm³/mol. The highest BCUT2D eigenvalue weighted by atomic mass is 16.4. The van der Waals surface area contributed by atoms with E-state index in [1.54, 1.807) is 6.07 Å². The third-order valence-corrected chi connectivity index (χ3v) is 5.41. The Hall–Kier alpha value is -3.45. The molecular weight excluding hydrogens is 410 g/mol. The van der Waals surface area contributed by atoms with Gasteiger partial charge in [-0.1, -0.05) is 49.4 Å². The first-order valence-corrected chi connectivity index (χ1v) is 10.5. The van der Waals surface area contributed by atoms with Gasteiger partial charge in [0, 0.05) is 37.2 Å². The summed E-state index contributed by atoms with van der Waals surface area (Å²) in [5.74, 6) is -0.945. The van der Waals surface area contributed by atoms with Crippen LogP contribution in [0.4, 0.5) is 0 Å². The number of phenolic OH excluding ortho intramolecular Hbond substituents is 1. The molecule has 170 valence electrons. The van der Waals surface area contributed by atoms with Crippen molar-refractivity contribution in [2.75, 3.05) is 19.6 Å². The summed E-state index contributed by atoms with van der Waals surface area (Å²) in [5, 5.41) is 25.3. The number of rotatable bonds is 7. The van der Waals surface area contributed by atoms with E-state index in [9.17, 15) is 19.5 Å². The van der Waals surface area contributed by atoms with Gasteiger partial charge in [0.1, 0.15) is 5.75 Å². The van der Waals surface area contributed by atoms with Crippen molar-refractivity contribution in [2.24, 2.45) is 5.92 Å². The van der Waals surface area contributed by atoms with Crippen LogP contribution < -0.4 is 0 Å². The maximum Gasteiger partial charge on any atom is 0.328 e. The Balaban J connectivity index is 0.000000390. The van der Waals surface area contributed by atoms with Crippen LogP contribution in [-0.4, -0.2) is 57.6 Å². The Morgan fingerprint density at radius 1 is 1.00 bits per heavy atom. The zero-order valence-corrected chi connectivity index (χ0v) is 18.1. The maximum atomic E-state index is 12.2. The van der Waals surface area contributed by atoms with E-state index in [0.717, 1.165) is 31.6 Å². The van der Waals surface area contributed by atoms with Gasteiger partial charge in [0.15, 0.2) is 5.78 Å². The number of nitrogens with zero attached hydrogens (tertiary/aromatic N) is 1. The van der Waals surface area contributed by atoms with E-state index in [1.165, 1.54) is 5.56 Å². The van der Waals surface area contributed by atoms with Crippen molar-refractivity contribution >= 4 is 17.7 Å². The molecule has 0 aromatic heterocycles. The van der Waals surface area contributed by atoms with Gasteiger partial charge in [0.2, 0.25) is 0 Å². The average molecular weight is 440 g/mol. The molecular formula is C25H29NO6.